The lowest BCUT2D eigenvalue weighted by atomic mass is 10.6. The van der Waals surface area contributed by atoms with Gasteiger partial charge in [-0.15, -0.1) is 11.3 Å². The average molecular weight is 159 g/mol. The summed E-state index contributed by atoms with van der Waals surface area (Å²) >= 11 is 1.49. The molecule has 3 heteroatoms. The molecule has 0 aliphatic rings. The lowest BCUT2D eigenvalue weighted by molar-refractivity contribution is 0.281. The molecule has 1 heterocycles. The van der Waals surface area contributed by atoms with E-state index in [1.165, 1.54) is 11.3 Å². The molecule has 1 aromatic heterocycles. The molecule has 0 amide bonds. The summed E-state index contributed by atoms with van der Waals surface area (Å²) in [5.41, 5.74) is 0.985. The van der Waals surface area contributed by atoms with Gasteiger partial charge in [0.05, 0.1) is 6.61 Å². The van der Waals surface area contributed by atoms with E-state index in [-0.39, 0.29) is 6.61 Å². The van der Waals surface area contributed by atoms with E-state index in [9.17, 15) is 0 Å². The number of thiazole rings is 1. The topological polar surface area (TPSA) is 33.1 Å². The maximum Gasteiger partial charge on any atom is 0.118 e. The maximum atomic E-state index is 8.50. The van der Waals surface area contributed by atoms with Crippen LogP contribution in [0.2, 0.25) is 0 Å². The Labute approximate surface area is 65.6 Å². The molecule has 0 bridgehead atoms. The van der Waals surface area contributed by atoms with Crippen molar-refractivity contribution in [2.75, 3.05) is 0 Å². The standard InChI is InChI=1S/C5H7NOS.C2H6/c1-4-3-8-5(2-7)6-4;1-2/h3,7H,2H2,1H3;1-2H3. The Bertz CT molecular complexity index is 174. The monoisotopic (exact) mass is 159 g/mol. The fourth-order valence-corrected chi connectivity index (χ4v) is 1.11. The lowest BCUT2D eigenvalue weighted by Gasteiger charge is -1.79. The minimum absolute atomic E-state index is 0.0680. The third-order valence-electron chi connectivity index (χ3n) is 0.802. The molecule has 0 fully saturated rings. The number of rotatable bonds is 1. The molecule has 0 radical (unpaired) electrons. The van der Waals surface area contributed by atoms with Crippen molar-refractivity contribution in [3.8, 4) is 0 Å². The van der Waals surface area contributed by atoms with Gasteiger partial charge in [-0.25, -0.2) is 4.98 Å². The molecule has 1 rings (SSSR count). The zero-order chi connectivity index (χ0) is 7.98. The molecule has 1 aromatic rings. The Hall–Kier alpha value is -0.410. The van der Waals surface area contributed by atoms with Gasteiger partial charge in [0, 0.05) is 11.1 Å². The second-order valence-electron chi connectivity index (χ2n) is 1.54. The fraction of sp³-hybridized carbons (Fsp3) is 0.571. The van der Waals surface area contributed by atoms with E-state index < -0.39 is 0 Å². The summed E-state index contributed by atoms with van der Waals surface area (Å²) in [6.45, 7) is 5.98. The molecule has 0 aliphatic carbocycles. The molecule has 1 N–H and O–H groups in total. The van der Waals surface area contributed by atoms with E-state index in [0.29, 0.717) is 0 Å². The van der Waals surface area contributed by atoms with E-state index in [0.717, 1.165) is 10.7 Å². The van der Waals surface area contributed by atoms with Crippen molar-refractivity contribution in [3.05, 3.63) is 16.1 Å². The van der Waals surface area contributed by atoms with Crippen LogP contribution < -0.4 is 0 Å². The lowest BCUT2D eigenvalue weighted by Crippen LogP contribution is -1.78. The number of aromatic nitrogens is 1. The zero-order valence-corrected chi connectivity index (χ0v) is 7.40. The van der Waals surface area contributed by atoms with E-state index in [1.54, 1.807) is 0 Å². The predicted molar refractivity (Wildman–Crippen MR) is 44.1 cm³/mol. The van der Waals surface area contributed by atoms with Crippen LogP contribution in [0.1, 0.15) is 24.5 Å². The summed E-state index contributed by atoms with van der Waals surface area (Å²) in [7, 11) is 0. The van der Waals surface area contributed by atoms with Crippen LogP contribution in [0.15, 0.2) is 5.38 Å². The van der Waals surface area contributed by atoms with Gasteiger partial charge in [0.2, 0.25) is 0 Å². The molecular formula is C7H13NOS. The summed E-state index contributed by atoms with van der Waals surface area (Å²) in [4.78, 5) is 4.00. The third-order valence-corrected chi connectivity index (χ3v) is 1.75. The molecule has 0 saturated carbocycles. The first-order chi connectivity index (χ1) is 4.83. The van der Waals surface area contributed by atoms with Gasteiger partial charge in [-0.3, -0.25) is 0 Å². The Balaban J connectivity index is 0.000000371. The van der Waals surface area contributed by atoms with Gasteiger partial charge in [-0.05, 0) is 6.92 Å². The van der Waals surface area contributed by atoms with Crippen LogP contribution in [0.3, 0.4) is 0 Å². The zero-order valence-electron chi connectivity index (χ0n) is 6.59. The highest BCUT2D eigenvalue weighted by atomic mass is 32.1. The quantitative estimate of drug-likeness (QED) is 0.679. The van der Waals surface area contributed by atoms with E-state index in [1.807, 2.05) is 26.2 Å². The molecule has 0 aromatic carbocycles. The minimum Gasteiger partial charge on any atom is -0.389 e. The fourth-order valence-electron chi connectivity index (χ4n) is 0.475. The number of hydrogen-bond acceptors (Lipinski definition) is 3. The second kappa shape index (κ2) is 5.38. The minimum atomic E-state index is 0.0680. The first-order valence-electron chi connectivity index (χ1n) is 3.35. The first kappa shape index (κ1) is 9.59. The number of aliphatic hydroxyl groups is 1. The van der Waals surface area contributed by atoms with Crippen LogP contribution in [-0.4, -0.2) is 10.1 Å². The number of aryl methyl sites for hydroxylation is 1. The summed E-state index contributed by atoms with van der Waals surface area (Å²) in [6.07, 6.45) is 0. The molecule has 0 aliphatic heterocycles. The van der Waals surface area contributed by atoms with Crippen molar-refractivity contribution in [1.82, 2.24) is 4.98 Å². The average Bonchev–Trinajstić information content (AvgIpc) is 2.40. The highest BCUT2D eigenvalue weighted by Crippen LogP contribution is 2.06. The molecule has 0 spiro atoms. The molecule has 10 heavy (non-hydrogen) atoms. The second-order valence-corrected chi connectivity index (χ2v) is 2.48. The Kier molecular flexibility index (Phi) is 5.16. The summed E-state index contributed by atoms with van der Waals surface area (Å²) in [5, 5.41) is 11.2. The van der Waals surface area contributed by atoms with Crippen LogP contribution in [0.25, 0.3) is 0 Å². The van der Waals surface area contributed by atoms with Crippen molar-refractivity contribution >= 4 is 11.3 Å². The van der Waals surface area contributed by atoms with Crippen molar-refractivity contribution in [2.24, 2.45) is 0 Å². The van der Waals surface area contributed by atoms with E-state index in [4.69, 9.17) is 5.11 Å². The van der Waals surface area contributed by atoms with Gasteiger partial charge in [0.15, 0.2) is 0 Å². The molecule has 58 valence electrons. The maximum absolute atomic E-state index is 8.50. The smallest absolute Gasteiger partial charge is 0.118 e. The molecule has 0 saturated heterocycles. The molecule has 2 nitrogen and oxygen atoms in total. The van der Waals surface area contributed by atoms with Crippen molar-refractivity contribution in [2.45, 2.75) is 27.4 Å². The molecule has 0 unspecified atom stereocenters. The first-order valence-corrected chi connectivity index (χ1v) is 4.23. The van der Waals surface area contributed by atoms with Crippen LogP contribution >= 0.6 is 11.3 Å². The Morgan fingerprint density at radius 3 is 2.40 bits per heavy atom. The van der Waals surface area contributed by atoms with Gasteiger partial charge >= 0.3 is 0 Å². The van der Waals surface area contributed by atoms with E-state index >= 15 is 0 Å². The summed E-state index contributed by atoms with van der Waals surface area (Å²) in [5.74, 6) is 0. The normalized spacial score (nSPS) is 8.40. The number of hydrogen-bond donors (Lipinski definition) is 1. The van der Waals surface area contributed by atoms with Gasteiger partial charge in [0.1, 0.15) is 5.01 Å². The van der Waals surface area contributed by atoms with Crippen LogP contribution in [-0.2, 0) is 6.61 Å². The van der Waals surface area contributed by atoms with Gasteiger partial charge < -0.3 is 5.11 Å². The predicted octanol–water partition coefficient (Wildman–Crippen LogP) is 1.97. The number of nitrogens with zero attached hydrogens (tertiary/aromatic N) is 1. The summed E-state index contributed by atoms with van der Waals surface area (Å²) < 4.78 is 0. The van der Waals surface area contributed by atoms with Crippen LogP contribution in [0.4, 0.5) is 0 Å². The van der Waals surface area contributed by atoms with Crippen molar-refractivity contribution in [3.63, 3.8) is 0 Å². The molecular weight excluding hydrogens is 146 g/mol. The highest BCUT2D eigenvalue weighted by molar-refractivity contribution is 7.09. The van der Waals surface area contributed by atoms with Crippen LogP contribution in [0.5, 0.6) is 0 Å². The van der Waals surface area contributed by atoms with Gasteiger partial charge in [0.25, 0.3) is 0 Å². The van der Waals surface area contributed by atoms with E-state index in [2.05, 4.69) is 4.98 Å². The van der Waals surface area contributed by atoms with Gasteiger partial charge in [-0.2, -0.15) is 0 Å². The molecule has 0 atom stereocenters. The summed E-state index contributed by atoms with van der Waals surface area (Å²) in [6, 6.07) is 0. The van der Waals surface area contributed by atoms with Crippen molar-refractivity contribution < 1.29 is 5.11 Å². The largest absolute Gasteiger partial charge is 0.389 e. The van der Waals surface area contributed by atoms with Crippen molar-refractivity contribution in [1.29, 1.82) is 0 Å². The third kappa shape index (κ3) is 2.94. The Morgan fingerprint density at radius 2 is 2.20 bits per heavy atom. The highest BCUT2D eigenvalue weighted by Gasteiger charge is 1.92. The van der Waals surface area contributed by atoms with Gasteiger partial charge in [-0.1, -0.05) is 13.8 Å². The Morgan fingerprint density at radius 1 is 1.60 bits per heavy atom. The SMILES string of the molecule is CC.Cc1csc(CO)n1. The number of aliphatic hydroxyl groups excluding tert-OH is 1. The van der Waals surface area contributed by atoms with Crippen LogP contribution in [0, 0.1) is 6.92 Å².